The summed E-state index contributed by atoms with van der Waals surface area (Å²) in [7, 11) is 0. The van der Waals surface area contributed by atoms with Crippen LogP contribution in [0.2, 0.25) is 5.02 Å². The van der Waals surface area contributed by atoms with E-state index in [1.165, 1.54) is 17.4 Å². The fourth-order valence-corrected chi connectivity index (χ4v) is 3.83. The van der Waals surface area contributed by atoms with Crippen LogP contribution in [0, 0.1) is 5.82 Å². The van der Waals surface area contributed by atoms with E-state index in [1.54, 1.807) is 36.4 Å². The molecule has 1 aliphatic rings. The average molecular weight is 458 g/mol. The Bertz CT molecular complexity index is 1170. The van der Waals surface area contributed by atoms with Gasteiger partial charge in [-0.1, -0.05) is 35.9 Å². The maximum atomic E-state index is 13.9. The van der Waals surface area contributed by atoms with E-state index >= 15 is 0 Å². The Morgan fingerprint density at radius 3 is 2.77 bits per heavy atom. The quantitative estimate of drug-likeness (QED) is 0.329. The van der Waals surface area contributed by atoms with Crippen molar-refractivity contribution in [2.24, 2.45) is 4.99 Å². The van der Waals surface area contributed by atoms with E-state index in [1.807, 2.05) is 24.4 Å². The van der Waals surface area contributed by atoms with Gasteiger partial charge in [0.2, 0.25) is 5.90 Å². The molecule has 2 aromatic carbocycles. The standard InChI is InChI=1S/C23H17ClFNO4S/c1-2-28-19-12-14(11-18-23(27)30-22(26-18)20-8-5-9-31-20)10-16(24)21(19)29-13-15-6-3-4-7-17(15)25/h3-12H,2,13H2,1H3. The molecule has 3 aromatic rings. The van der Waals surface area contributed by atoms with Crippen molar-refractivity contribution >= 4 is 40.9 Å². The SMILES string of the molecule is CCOc1cc(C=C2N=C(c3cccs3)OC2=O)cc(Cl)c1OCc1ccccc1F. The second-order valence-corrected chi connectivity index (χ2v) is 7.81. The third-order valence-electron chi connectivity index (χ3n) is 4.32. The van der Waals surface area contributed by atoms with Crippen molar-refractivity contribution < 1.29 is 23.4 Å². The highest BCUT2D eigenvalue weighted by Gasteiger charge is 2.25. The van der Waals surface area contributed by atoms with Gasteiger partial charge in [0.15, 0.2) is 17.2 Å². The van der Waals surface area contributed by atoms with Crippen LogP contribution in [-0.4, -0.2) is 18.5 Å². The summed E-state index contributed by atoms with van der Waals surface area (Å²) in [5.74, 6) is 0.0411. The van der Waals surface area contributed by atoms with Crippen LogP contribution in [0.5, 0.6) is 11.5 Å². The smallest absolute Gasteiger partial charge is 0.363 e. The summed E-state index contributed by atoms with van der Waals surface area (Å²) in [4.78, 5) is 17.3. The van der Waals surface area contributed by atoms with E-state index in [0.29, 0.717) is 29.2 Å². The Balaban J connectivity index is 1.62. The van der Waals surface area contributed by atoms with E-state index in [0.717, 1.165) is 4.88 Å². The highest BCUT2D eigenvalue weighted by molar-refractivity contribution is 7.12. The molecule has 0 saturated heterocycles. The van der Waals surface area contributed by atoms with Crippen LogP contribution in [0.4, 0.5) is 4.39 Å². The van der Waals surface area contributed by atoms with Gasteiger partial charge in [-0.3, -0.25) is 0 Å². The van der Waals surface area contributed by atoms with Crippen molar-refractivity contribution in [2.45, 2.75) is 13.5 Å². The molecule has 0 spiro atoms. The maximum absolute atomic E-state index is 13.9. The highest BCUT2D eigenvalue weighted by Crippen LogP contribution is 2.38. The highest BCUT2D eigenvalue weighted by atomic mass is 35.5. The topological polar surface area (TPSA) is 57.1 Å². The van der Waals surface area contributed by atoms with Crippen LogP contribution in [0.15, 0.2) is 64.6 Å². The molecule has 1 aromatic heterocycles. The van der Waals surface area contributed by atoms with Crippen LogP contribution >= 0.6 is 22.9 Å². The number of hydrogen-bond acceptors (Lipinski definition) is 6. The molecule has 31 heavy (non-hydrogen) atoms. The summed E-state index contributed by atoms with van der Waals surface area (Å²) in [5, 5.41) is 2.14. The monoisotopic (exact) mass is 457 g/mol. The zero-order valence-corrected chi connectivity index (χ0v) is 18.0. The Hall–Kier alpha value is -3.16. The number of esters is 1. The van der Waals surface area contributed by atoms with Gasteiger partial charge >= 0.3 is 5.97 Å². The summed E-state index contributed by atoms with van der Waals surface area (Å²) >= 11 is 7.86. The minimum atomic E-state index is -0.544. The van der Waals surface area contributed by atoms with Gasteiger partial charge in [0, 0.05) is 5.56 Å². The zero-order chi connectivity index (χ0) is 21.8. The summed E-state index contributed by atoms with van der Waals surface area (Å²) in [6.07, 6.45) is 1.57. The number of hydrogen-bond donors (Lipinski definition) is 0. The molecule has 5 nitrogen and oxygen atoms in total. The number of carbonyl (C=O) groups is 1. The van der Waals surface area contributed by atoms with E-state index in [2.05, 4.69) is 4.99 Å². The molecule has 0 aliphatic carbocycles. The molecule has 158 valence electrons. The summed E-state index contributed by atoms with van der Waals surface area (Å²) in [6.45, 7) is 2.19. The van der Waals surface area contributed by atoms with Crippen LogP contribution in [0.3, 0.4) is 0 Å². The predicted molar refractivity (Wildman–Crippen MR) is 118 cm³/mol. The molecule has 0 atom stereocenters. The van der Waals surface area contributed by atoms with Crippen molar-refractivity contribution in [3.8, 4) is 11.5 Å². The number of ether oxygens (including phenoxy) is 3. The average Bonchev–Trinajstić information content (AvgIpc) is 3.39. The number of benzene rings is 2. The first kappa shape index (κ1) is 21.1. The molecule has 0 unspecified atom stereocenters. The lowest BCUT2D eigenvalue weighted by molar-refractivity contribution is -0.129. The molecule has 0 radical (unpaired) electrons. The number of rotatable bonds is 7. The van der Waals surface area contributed by atoms with Gasteiger partial charge in [0.05, 0.1) is 16.5 Å². The normalized spacial score (nSPS) is 14.5. The zero-order valence-electron chi connectivity index (χ0n) is 16.4. The third-order valence-corrected chi connectivity index (χ3v) is 5.46. The predicted octanol–water partition coefficient (Wildman–Crippen LogP) is 5.86. The van der Waals surface area contributed by atoms with E-state index < -0.39 is 5.97 Å². The number of halogens is 2. The second-order valence-electron chi connectivity index (χ2n) is 6.46. The minimum Gasteiger partial charge on any atom is -0.490 e. The van der Waals surface area contributed by atoms with Gasteiger partial charge in [-0.05, 0) is 48.2 Å². The van der Waals surface area contributed by atoms with Crippen LogP contribution in [-0.2, 0) is 16.1 Å². The van der Waals surface area contributed by atoms with Crippen LogP contribution < -0.4 is 9.47 Å². The first-order valence-corrected chi connectivity index (χ1v) is 10.7. The summed E-state index contributed by atoms with van der Waals surface area (Å²) in [6, 6.07) is 13.3. The van der Waals surface area contributed by atoms with E-state index in [9.17, 15) is 9.18 Å². The van der Waals surface area contributed by atoms with Crippen LogP contribution in [0.1, 0.15) is 22.9 Å². The van der Waals surface area contributed by atoms with Crippen molar-refractivity contribution in [3.05, 3.63) is 86.5 Å². The lowest BCUT2D eigenvalue weighted by Crippen LogP contribution is -2.03. The van der Waals surface area contributed by atoms with E-state index in [4.69, 9.17) is 25.8 Å². The molecule has 0 saturated carbocycles. The number of cyclic esters (lactones) is 1. The van der Waals surface area contributed by atoms with Crippen molar-refractivity contribution in [1.82, 2.24) is 0 Å². The van der Waals surface area contributed by atoms with Crippen LogP contribution in [0.25, 0.3) is 6.08 Å². The largest absolute Gasteiger partial charge is 0.490 e. The molecule has 0 bridgehead atoms. The minimum absolute atomic E-state index is 0.00625. The van der Waals surface area contributed by atoms with Gasteiger partial charge in [-0.2, -0.15) is 0 Å². The Morgan fingerprint density at radius 2 is 2.03 bits per heavy atom. The summed E-state index contributed by atoms with van der Waals surface area (Å²) < 4.78 is 30.6. The molecular formula is C23H17ClFNO4S. The Morgan fingerprint density at radius 1 is 1.19 bits per heavy atom. The third kappa shape index (κ3) is 4.78. The van der Waals surface area contributed by atoms with Crippen molar-refractivity contribution in [3.63, 3.8) is 0 Å². The first-order chi connectivity index (χ1) is 15.0. The maximum Gasteiger partial charge on any atom is 0.363 e. The van der Waals surface area contributed by atoms with Gasteiger partial charge < -0.3 is 14.2 Å². The fraction of sp³-hybridized carbons (Fsp3) is 0.130. The molecule has 8 heteroatoms. The van der Waals surface area contributed by atoms with Gasteiger partial charge in [-0.25, -0.2) is 14.2 Å². The second kappa shape index (κ2) is 9.32. The van der Waals surface area contributed by atoms with E-state index in [-0.39, 0.29) is 29.0 Å². The number of carbonyl (C=O) groups excluding carboxylic acids is 1. The molecule has 0 fully saturated rings. The van der Waals surface area contributed by atoms with Gasteiger partial charge in [0.1, 0.15) is 12.4 Å². The first-order valence-electron chi connectivity index (χ1n) is 9.44. The van der Waals surface area contributed by atoms with Gasteiger partial charge in [-0.15, -0.1) is 11.3 Å². The lowest BCUT2D eigenvalue weighted by atomic mass is 10.1. The number of aliphatic imine (C=N–C) groups is 1. The van der Waals surface area contributed by atoms with Crippen molar-refractivity contribution in [2.75, 3.05) is 6.61 Å². The number of thiophene rings is 1. The Labute approximate surface area is 187 Å². The lowest BCUT2D eigenvalue weighted by Gasteiger charge is -2.15. The fourth-order valence-electron chi connectivity index (χ4n) is 2.91. The number of nitrogens with zero attached hydrogens (tertiary/aromatic N) is 1. The molecule has 2 heterocycles. The molecule has 0 N–H and O–H groups in total. The van der Waals surface area contributed by atoms with Gasteiger partial charge in [0.25, 0.3) is 0 Å². The van der Waals surface area contributed by atoms with Crippen molar-refractivity contribution in [1.29, 1.82) is 0 Å². The Kier molecular flexibility index (Phi) is 6.34. The molecule has 4 rings (SSSR count). The summed E-state index contributed by atoms with van der Waals surface area (Å²) in [5.41, 5.74) is 1.15. The molecular weight excluding hydrogens is 441 g/mol. The molecule has 0 amide bonds. The molecule has 1 aliphatic heterocycles.